The molecule has 0 aliphatic carbocycles. The van der Waals surface area contributed by atoms with Gasteiger partial charge in [0.2, 0.25) is 0 Å². The summed E-state index contributed by atoms with van der Waals surface area (Å²) in [5.41, 5.74) is 5.44. The Balaban J connectivity index is 0.000000323. The van der Waals surface area contributed by atoms with Gasteiger partial charge in [0.05, 0.1) is 27.8 Å². The van der Waals surface area contributed by atoms with Crippen LogP contribution in [0.25, 0.3) is 0 Å². The third-order valence-corrected chi connectivity index (χ3v) is 8.57. The number of aromatic carboxylic acids is 5. The van der Waals surface area contributed by atoms with Gasteiger partial charge in [-0.3, -0.25) is 0 Å². The minimum absolute atomic E-state index is 0. The number of benzene rings is 7. The first-order valence-corrected chi connectivity index (χ1v) is 19.8. The van der Waals surface area contributed by atoms with Crippen LogP contribution in [-0.4, -0.2) is 66.5 Å². The molecule has 0 aliphatic heterocycles. The standard InChI is InChI=1S/2C16H10O4.C15H10O2.C9H6O2.2CH4/c17-15(18)13-7-3-11(4-8-13)1-2-12-5-9-14(10-6-12)16(19)20;17-15(18)13-8-9-14(16(19)20)12(10-13)7-6-11-4-2-1-3-5-11;16-15(17)14-10-8-13(9-11-14)7-6-12-4-2-1-3-5-12;10-9(11)7-6-8-4-2-1-3-5-8;;/h3-10H,(H,17,18)(H,19,20);1-5,8-10H,(H,17,18)(H,19,20);1-5,8-11H,(H,16,17);1-5H,(H,10,11);2*1H4. The molecule has 0 fully saturated rings. The zero-order chi connectivity index (χ0) is 49.3. The van der Waals surface area contributed by atoms with Crippen LogP contribution in [0.15, 0.2) is 182 Å². The van der Waals surface area contributed by atoms with Crippen LogP contribution < -0.4 is 0 Å². The molecule has 12 nitrogen and oxygen atoms in total. The van der Waals surface area contributed by atoms with Crippen LogP contribution in [0.1, 0.15) is 106 Å². The molecule has 0 saturated heterocycles. The number of hydrogen-bond donors (Lipinski definition) is 6. The lowest BCUT2D eigenvalue weighted by Gasteiger charge is -2.01. The molecular weight excluding hydrogens is 889 g/mol. The van der Waals surface area contributed by atoms with Crippen LogP contribution in [0.2, 0.25) is 0 Å². The highest BCUT2D eigenvalue weighted by atomic mass is 16.4. The van der Waals surface area contributed by atoms with E-state index in [4.69, 9.17) is 30.6 Å². The summed E-state index contributed by atoms with van der Waals surface area (Å²) >= 11 is 0. The fourth-order valence-corrected chi connectivity index (χ4v) is 5.17. The summed E-state index contributed by atoms with van der Waals surface area (Å²) in [6.07, 6.45) is 0. The van der Waals surface area contributed by atoms with Gasteiger partial charge >= 0.3 is 35.8 Å². The van der Waals surface area contributed by atoms with Crippen molar-refractivity contribution in [2.75, 3.05) is 0 Å². The quantitative estimate of drug-likeness (QED) is 0.0887. The largest absolute Gasteiger partial charge is 0.478 e. The summed E-state index contributed by atoms with van der Waals surface area (Å²) in [5, 5.41) is 52.5. The molecule has 0 saturated carbocycles. The molecule has 0 atom stereocenters. The van der Waals surface area contributed by atoms with Crippen LogP contribution in [-0.2, 0) is 4.79 Å². The second-order valence-electron chi connectivity index (χ2n) is 13.4. The Bertz CT molecular complexity index is 3090. The first kappa shape index (κ1) is 55.7. The Morgan fingerprint density at radius 3 is 0.843 bits per heavy atom. The smallest absolute Gasteiger partial charge is 0.382 e. The Kier molecular flexibility index (Phi) is 23.2. The molecule has 0 radical (unpaired) electrons. The van der Waals surface area contributed by atoms with E-state index in [0.717, 1.165) is 22.3 Å². The molecule has 7 aromatic rings. The predicted octanol–water partition coefficient (Wildman–Crippen LogP) is 10.1. The number of carboxylic acids is 6. The average Bonchev–Trinajstić information content (AvgIpc) is 3.35. The van der Waals surface area contributed by atoms with Gasteiger partial charge in [-0.1, -0.05) is 111 Å². The molecule has 6 N–H and O–H groups in total. The highest BCUT2D eigenvalue weighted by Crippen LogP contribution is 2.13. The van der Waals surface area contributed by atoms with Crippen molar-refractivity contribution >= 4 is 35.8 Å². The lowest BCUT2D eigenvalue weighted by Crippen LogP contribution is -2.03. The molecular formula is C58H44O12. The van der Waals surface area contributed by atoms with Gasteiger partial charge in [-0.15, -0.1) is 0 Å². The maximum absolute atomic E-state index is 11.1. The van der Waals surface area contributed by atoms with Crippen molar-refractivity contribution in [1.29, 1.82) is 0 Å². The van der Waals surface area contributed by atoms with Crippen molar-refractivity contribution in [2.45, 2.75) is 14.9 Å². The molecule has 0 bridgehead atoms. The Hall–Kier alpha value is -10.4. The predicted molar refractivity (Wildman–Crippen MR) is 266 cm³/mol. The lowest BCUT2D eigenvalue weighted by atomic mass is 10.0. The molecule has 0 unspecified atom stereocenters. The summed E-state index contributed by atoms with van der Waals surface area (Å²) in [6.45, 7) is 0. The summed E-state index contributed by atoms with van der Waals surface area (Å²) in [6, 6.07) is 50.4. The maximum atomic E-state index is 11.1. The topological polar surface area (TPSA) is 224 Å². The molecule has 7 rings (SSSR count). The fraction of sp³-hybridized carbons (Fsp3) is 0.0345. The second kappa shape index (κ2) is 29.2. The van der Waals surface area contributed by atoms with Gasteiger partial charge in [-0.2, -0.15) is 0 Å². The second-order valence-corrected chi connectivity index (χ2v) is 13.4. The van der Waals surface area contributed by atoms with Gasteiger partial charge in [0.25, 0.3) is 0 Å². The number of rotatable bonds is 5. The van der Waals surface area contributed by atoms with E-state index < -0.39 is 35.8 Å². The van der Waals surface area contributed by atoms with Crippen LogP contribution >= 0.6 is 0 Å². The zero-order valence-electron chi connectivity index (χ0n) is 35.5. The number of hydrogen-bond acceptors (Lipinski definition) is 6. The molecule has 0 spiro atoms. The van der Waals surface area contributed by atoms with Crippen molar-refractivity contribution in [1.82, 2.24) is 0 Å². The van der Waals surface area contributed by atoms with Crippen molar-refractivity contribution in [3.63, 3.8) is 0 Å². The van der Waals surface area contributed by atoms with Gasteiger partial charge in [-0.05, 0) is 127 Å². The van der Waals surface area contributed by atoms with E-state index in [2.05, 4.69) is 41.4 Å². The van der Waals surface area contributed by atoms with E-state index in [1.54, 1.807) is 72.8 Å². The van der Waals surface area contributed by atoms with E-state index in [1.807, 2.05) is 72.7 Å². The number of aliphatic carboxylic acids is 1. The Labute approximate surface area is 404 Å². The summed E-state index contributed by atoms with van der Waals surface area (Å²) in [5.74, 6) is 15.6. The minimum Gasteiger partial charge on any atom is -0.478 e. The minimum atomic E-state index is -1.14. The first-order chi connectivity index (χ1) is 32.7. The van der Waals surface area contributed by atoms with Gasteiger partial charge in [0.1, 0.15) is 0 Å². The monoisotopic (exact) mass is 932 g/mol. The highest BCUT2D eigenvalue weighted by Gasteiger charge is 2.12. The van der Waals surface area contributed by atoms with Crippen LogP contribution in [0.4, 0.5) is 0 Å². The third kappa shape index (κ3) is 19.8. The van der Waals surface area contributed by atoms with Crippen molar-refractivity contribution < 1.29 is 59.4 Å². The van der Waals surface area contributed by atoms with Crippen molar-refractivity contribution in [2.24, 2.45) is 0 Å². The van der Waals surface area contributed by atoms with Gasteiger partial charge in [0, 0.05) is 44.9 Å². The fourth-order valence-electron chi connectivity index (χ4n) is 5.17. The van der Waals surface area contributed by atoms with Gasteiger partial charge in [-0.25, -0.2) is 28.8 Å². The Morgan fingerprint density at radius 1 is 0.286 bits per heavy atom. The molecule has 70 heavy (non-hydrogen) atoms. The molecule has 0 amide bonds. The molecule has 7 aromatic carbocycles. The van der Waals surface area contributed by atoms with Crippen LogP contribution in [0.3, 0.4) is 0 Å². The maximum Gasteiger partial charge on any atom is 0.382 e. The average molecular weight is 933 g/mol. The summed E-state index contributed by atoms with van der Waals surface area (Å²) in [7, 11) is 0. The molecule has 0 aromatic heterocycles. The molecule has 348 valence electrons. The molecule has 0 heterocycles. The van der Waals surface area contributed by atoms with Gasteiger partial charge in [0.15, 0.2) is 0 Å². The first-order valence-electron chi connectivity index (χ1n) is 19.8. The van der Waals surface area contributed by atoms with E-state index in [0.29, 0.717) is 11.1 Å². The molecule has 0 aliphatic rings. The van der Waals surface area contributed by atoms with E-state index in [9.17, 15) is 28.8 Å². The Morgan fingerprint density at radius 2 is 0.557 bits per heavy atom. The SMILES string of the molecule is C.C.O=C(O)C#Cc1ccccc1.O=C(O)c1ccc(C#Cc2ccc(C(=O)O)cc2)cc1.O=C(O)c1ccc(C#Cc2ccccc2)cc1.O=C(O)c1ccc(C(=O)O)c(C#Cc2ccccc2)c1. The summed E-state index contributed by atoms with van der Waals surface area (Å²) < 4.78 is 0. The third-order valence-electron chi connectivity index (χ3n) is 8.57. The highest BCUT2D eigenvalue weighted by molar-refractivity contribution is 5.94. The van der Waals surface area contributed by atoms with Crippen LogP contribution in [0.5, 0.6) is 0 Å². The lowest BCUT2D eigenvalue weighted by molar-refractivity contribution is -0.130. The normalized spacial score (nSPS) is 8.86. The van der Waals surface area contributed by atoms with E-state index in [-0.39, 0.29) is 48.2 Å². The van der Waals surface area contributed by atoms with E-state index >= 15 is 0 Å². The zero-order valence-corrected chi connectivity index (χ0v) is 35.5. The van der Waals surface area contributed by atoms with Crippen molar-refractivity contribution in [3.05, 3.63) is 249 Å². The van der Waals surface area contributed by atoms with E-state index in [1.165, 1.54) is 42.5 Å². The number of carboxylic acid groups (broad SMARTS) is 6. The number of carbonyl (C=O) groups is 6. The summed E-state index contributed by atoms with van der Waals surface area (Å²) in [4.78, 5) is 64.1. The van der Waals surface area contributed by atoms with Crippen LogP contribution in [0, 0.1) is 47.4 Å². The van der Waals surface area contributed by atoms with Crippen molar-refractivity contribution in [3.8, 4) is 47.4 Å². The van der Waals surface area contributed by atoms with Gasteiger partial charge < -0.3 is 30.6 Å². The molecule has 12 heteroatoms.